The van der Waals surface area contributed by atoms with Crippen molar-refractivity contribution in [1.82, 2.24) is 0 Å². The first-order chi connectivity index (χ1) is 4.34. The molecule has 0 spiro atoms. The van der Waals surface area contributed by atoms with Crippen molar-refractivity contribution in [1.29, 1.82) is 0 Å². The summed E-state index contributed by atoms with van der Waals surface area (Å²) in [6, 6.07) is 0. The van der Waals surface area contributed by atoms with Crippen molar-refractivity contribution in [2.75, 3.05) is 0 Å². The van der Waals surface area contributed by atoms with Gasteiger partial charge in [-0.1, -0.05) is 28.8 Å². The van der Waals surface area contributed by atoms with Crippen LogP contribution in [-0.2, 0) is 0 Å². The molecule has 2 atom stereocenters. The van der Waals surface area contributed by atoms with E-state index in [1.807, 2.05) is 0 Å². The Kier molecular flexibility index (Phi) is 1.56. The molecule has 0 unspecified atom stereocenters. The average Bonchev–Trinajstić information content (AvgIpc) is 2.11. The number of halogens is 1. The molecule has 0 N–H and O–H groups in total. The quantitative estimate of drug-likeness (QED) is 0.514. The summed E-state index contributed by atoms with van der Waals surface area (Å²) in [6.07, 6.45) is 7.49. The molecule has 2 rings (SSSR count). The zero-order chi connectivity index (χ0) is 6.27. The van der Waals surface area contributed by atoms with Crippen LogP contribution in [-0.4, -0.2) is 4.83 Å². The number of rotatable bonds is 0. The van der Waals surface area contributed by atoms with Crippen LogP contribution in [0, 0.1) is 11.8 Å². The third-order valence-electron chi connectivity index (χ3n) is 2.83. The molecule has 0 heterocycles. The van der Waals surface area contributed by atoms with Crippen LogP contribution in [0.5, 0.6) is 0 Å². The van der Waals surface area contributed by atoms with Crippen molar-refractivity contribution in [2.45, 2.75) is 36.9 Å². The molecule has 0 radical (unpaired) electrons. The molecule has 0 amide bonds. The first-order valence-electron chi connectivity index (χ1n) is 3.98. The molecule has 2 bridgehead atoms. The van der Waals surface area contributed by atoms with Gasteiger partial charge in [-0.3, -0.25) is 0 Å². The van der Waals surface area contributed by atoms with Crippen LogP contribution in [0.25, 0.3) is 0 Å². The molecule has 52 valence electrons. The Morgan fingerprint density at radius 1 is 0.889 bits per heavy atom. The van der Waals surface area contributed by atoms with E-state index >= 15 is 0 Å². The molecule has 2 aliphatic carbocycles. The van der Waals surface area contributed by atoms with Gasteiger partial charge in [-0.25, -0.2) is 0 Å². The molecule has 2 saturated carbocycles. The van der Waals surface area contributed by atoms with Gasteiger partial charge in [-0.05, 0) is 31.1 Å². The summed E-state index contributed by atoms with van der Waals surface area (Å²) < 4.78 is 0. The van der Waals surface area contributed by atoms with Gasteiger partial charge in [0.05, 0.1) is 0 Å². The van der Waals surface area contributed by atoms with Crippen LogP contribution in [0.15, 0.2) is 0 Å². The first-order valence-corrected chi connectivity index (χ1v) is 4.90. The maximum atomic E-state index is 3.71. The van der Waals surface area contributed by atoms with Gasteiger partial charge in [0, 0.05) is 4.83 Å². The lowest BCUT2D eigenvalue weighted by molar-refractivity contribution is 0.372. The van der Waals surface area contributed by atoms with E-state index in [1.54, 1.807) is 6.42 Å². The minimum atomic E-state index is 0.865. The lowest BCUT2D eigenvalue weighted by atomic mass is 9.89. The standard InChI is InChI=1S/C8H13Br/c9-8-4-6-1-2-7(3-6)5-8/h6-8H,1-5H2/t6-,7-/m1/s1. The monoisotopic (exact) mass is 188 g/mol. The largest absolute Gasteiger partial charge is 0.0890 e. The second kappa shape index (κ2) is 2.26. The SMILES string of the molecule is BrC1C[C@@H]2CC[C@@H](C1)C2. The first kappa shape index (κ1) is 6.21. The smallest absolute Gasteiger partial charge is 0.0151 e. The lowest BCUT2D eigenvalue weighted by Crippen LogP contribution is -2.14. The molecule has 2 fully saturated rings. The van der Waals surface area contributed by atoms with Crippen LogP contribution in [0.3, 0.4) is 0 Å². The zero-order valence-electron chi connectivity index (χ0n) is 5.65. The molecular formula is C8H13Br. The van der Waals surface area contributed by atoms with Gasteiger partial charge >= 0.3 is 0 Å². The highest BCUT2D eigenvalue weighted by Crippen LogP contribution is 2.44. The fourth-order valence-corrected chi connectivity index (χ4v) is 3.48. The normalized spacial score (nSPS) is 49.7. The Morgan fingerprint density at radius 3 is 2.00 bits per heavy atom. The summed E-state index contributed by atoms with van der Waals surface area (Å²) in [7, 11) is 0. The van der Waals surface area contributed by atoms with Crippen molar-refractivity contribution in [3.05, 3.63) is 0 Å². The summed E-state index contributed by atoms with van der Waals surface area (Å²) in [6.45, 7) is 0. The van der Waals surface area contributed by atoms with Gasteiger partial charge in [0.15, 0.2) is 0 Å². The van der Waals surface area contributed by atoms with Crippen LogP contribution >= 0.6 is 15.9 Å². The minimum absolute atomic E-state index is 0.865. The maximum absolute atomic E-state index is 3.71. The average molecular weight is 189 g/mol. The van der Waals surface area contributed by atoms with E-state index in [0.29, 0.717) is 0 Å². The van der Waals surface area contributed by atoms with Crippen LogP contribution in [0.2, 0.25) is 0 Å². The molecule has 2 aliphatic rings. The molecule has 0 aromatic rings. The van der Waals surface area contributed by atoms with E-state index < -0.39 is 0 Å². The maximum Gasteiger partial charge on any atom is 0.0151 e. The summed E-state index contributed by atoms with van der Waals surface area (Å²) in [5, 5.41) is 0. The van der Waals surface area contributed by atoms with Gasteiger partial charge < -0.3 is 0 Å². The van der Waals surface area contributed by atoms with E-state index in [9.17, 15) is 0 Å². The Hall–Kier alpha value is 0.480. The lowest BCUT2D eigenvalue weighted by Gasteiger charge is -2.22. The minimum Gasteiger partial charge on any atom is -0.0890 e. The Bertz CT molecular complexity index is 99.1. The summed E-state index contributed by atoms with van der Waals surface area (Å²) in [5.74, 6) is 2.18. The van der Waals surface area contributed by atoms with E-state index in [2.05, 4.69) is 15.9 Å². The van der Waals surface area contributed by atoms with Crippen molar-refractivity contribution in [3.63, 3.8) is 0 Å². The number of alkyl halides is 1. The molecule has 0 aromatic carbocycles. The van der Waals surface area contributed by atoms with E-state index in [-0.39, 0.29) is 0 Å². The van der Waals surface area contributed by atoms with Crippen molar-refractivity contribution in [3.8, 4) is 0 Å². The molecule has 9 heavy (non-hydrogen) atoms. The van der Waals surface area contributed by atoms with Crippen molar-refractivity contribution in [2.24, 2.45) is 11.8 Å². The summed E-state index contributed by atoms with van der Waals surface area (Å²) in [5.41, 5.74) is 0. The third kappa shape index (κ3) is 1.17. The van der Waals surface area contributed by atoms with E-state index in [4.69, 9.17) is 0 Å². The zero-order valence-corrected chi connectivity index (χ0v) is 7.23. The highest BCUT2D eigenvalue weighted by atomic mass is 79.9. The number of hydrogen-bond acceptors (Lipinski definition) is 0. The van der Waals surface area contributed by atoms with E-state index in [1.165, 1.54) is 25.7 Å². The van der Waals surface area contributed by atoms with Gasteiger partial charge in [0.1, 0.15) is 0 Å². The molecule has 0 nitrogen and oxygen atoms in total. The summed E-state index contributed by atoms with van der Waals surface area (Å²) >= 11 is 3.71. The van der Waals surface area contributed by atoms with Crippen molar-refractivity contribution < 1.29 is 0 Å². The fraction of sp³-hybridized carbons (Fsp3) is 1.00. The number of fused-ring (bicyclic) bond motifs is 2. The summed E-state index contributed by atoms with van der Waals surface area (Å²) in [4.78, 5) is 0.865. The number of hydrogen-bond donors (Lipinski definition) is 0. The second-order valence-corrected chi connectivity index (χ2v) is 4.91. The highest BCUT2D eigenvalue weighted by Gasteiger charge is 2.32. The topological polar surface area (TPSA) is 0 Å². The van der Waals surface area contributed by atoms with Gasteiger partial charge in [0.25, 0.3) is 0 Å². The van der Waals surface area contributed by atoms with Gasteiger partial charge in [-0.2, -0.15) is 0 Å². The molecule has 0 saturated heterocycles. The fourth-order valence-electron chi connectivity index (χ4n) is 2.43. The van der Waals surface area contributed by atoms with Crippen LogP contribution in [0.1, 0.15) is 32.1 Å². The molecular weight excluding hydrogens is 176 g/mol. The predicted molar refractivity (Wildman–Crippen MR) is 42.8 cm³/mol. The molecule has 1 heteroatoms. The third-order valence-corrected chi connectivity index (χ3v) is 3.58. The Labute approximate surface area is 65.1 Å². The Balaban J connectivity index is 2.03. The van der Waals surface area contributed by atoms with Gasteiger partial charge in [-0.15, -0.1) is 0 Å². The molecule has 0 aliphatic heterocycles. The van der Waals surface area contributed by atoms with Crippen LogP contribution < -0.4 is 0 Å². The predicted octanol–water partition coefficient (Wildman–Crippen LogP) is 2.96. The van der Waals surface area contributed by atoms with E-state index in [0.717, 1.165) is 16.7 Å². The van der Waals surface area contributed by atoms with Gasteiger partial charge in [0.2, 0.25) is 0 Å². The molecule has 0 aromatic heterocycles. The van der Waals surface area contributed by atoms with Crippen molar-refractivity contribution >= 4 is 15.9 Å². The van der Waals surface area contributed by atoms with Crippen LogP contribution in [0.4, 0.5) is 0 Å². The highest BCUT2D eigenvalue weighted by molar-refractivity contribution is 9.09. The second-order valence-electron chi connectivity index (χ2n) is 3.61. The Morgan fingerprint density at radius 2 is 1.44 bits per heavy atom.